The first kappa shape index (κ1) is 19.3. The number of aryl methyl sites for hydroxylation is 1. The average molecular weight is 398 g/mol. The van der Waals surface area contributed by atoms with Crippen LogP contribution < -0.4 is 16.6 Å². The van der Waals surface area contributed by atoms with Crippen LogP contribution in [0.1, 0.15) is 23.7 Å². The summed E-state index contributed by atoms with van der Waals surface area (Å²) < 4.78 is 1.73. The number of nitrogens with zero attached hydrogens (tertiary/aromatic N) is 3. The number of fused-ring (bicyclic) bond motifs is 1. The number of nitrogen functional groups attached to an aromatic ring is 1. The van der Waals surface area contributed by atoms with Crippen molar-refractivity contribution in [1.82, 2.24) is 14.5 Å². The molecule has 0 amide bonds. The predicted octanol–water partition coefficient (Wildman–Crippen LogP) is 3.67. The molecule has 4 aromatic rings. The van der Waals surface area contributed by atoms with Crippen molar-refractivity contribution in [2.75, 3.05) is 11.1 Å². The van der Waals surface area contributed by atoms with Crippen molar-refractivity contribution in [2.45, 2.75) is 20.4 Å². The lowest BCUT2D eigenvalue weighted by Gasteiger charge is -2.18. The molecule has 0 spiro atoms. The Bertz CT molecular complexity index is 1330. The van der Waals surface area contributed by atoms with Gasteiger partial charge in [-0.15, -0.1) is 0 Å². The maximum Gasteiger partial charge on any atom is 0.263 e. The van der Waals surface area contributed by atoms with Crippen LogP contribution in [0.3, 0.4) is 0 Å². The summed E-state index contributed by atoms with van der Waals surface area (Å²) in [7, 11) is 0. The number of benzene rings is 2. The van der Waals surface area contributed by atoms with Crippen LogP contribution in [0.15, 0.2) is 65.7 Å². The number of hydrogen-bond donors (Lipinski definition) is 3. The number of aromatic nitrogens is 3. The van der Waals surface area contributed by atoms with Crippen LogP contribution >= 0.6 is 0 Å². The monoisotopic (exact) mass is 398 g/mol. The van der Waals surface area contributed by atoms with Gasteiger partial charge in [0.1, 0.15) is 18.0 Å². The van der Waals surface area contributed by atoms with E-state index in [1.807, 2.05) is 61.5 Å². The van der Waals surface area contributed by atoms with Crippen molar-refractivity contribution in [2.24, 2.45) is 0 Å². The Balaban J connectivity index is 1.86. The number of nitrogens with one attached hydrogen (secondary N) is 2. The Morgan fingerprint density at radius 2 is 1.87 bits per heavy atom. The van der Waals surface area contributed by atoms with E-state index in [1.54, 1.807) is 11.5 Å². The Hall–Kier alpha value is -4.00. The van der Waals surface area contributed by atoms with Gasteiger partial charge >= 0.3 is 0 Å². The number of rotatable bonds is 5. The maximum absolute atomic E-state index is 13.4. The summed E-state index contributed by atoms with van der Waals surface area (Å²) in [5.41, 5.74) is 9.20. The minimum absolute atomic E-state index is 0.0788. The molecule has 2 aromatic carbocycles. The third kappa shape index (κ3) is 3.41. The van der Waals surface area contributed by atoms with Crippen molar-refractivity contribution in [3.63, 3.8) is 0 Å². The molecule has 0 atom stereocenters. The van der Waals surface area contributed by atoms with Crippen molar-refractivity contribution in [3.8, 4) is 5.69 Å². The van der Waals surface area contributed by atoms with Crippen molar-refractivity contribution in [1.29, 1.82) is 5.41 Å². The molecule has 0 fully saturated rings. The first-order chi connectivity index (χ1) is 14.5. The first-order valence-corrected chi connectivity index (χ1v) is 9.57. The van der Waals surface area contributed by atoms with E-state index in [0.29, 0.717) is 23.3 Å². The van der Waals surface area contributed by atoms with E-state index in [0.717, 1.165) is 22.3 Å². The smallest absolute Gasteiger partial charge is 0.263 e. The SMILES string of the molecule is CC(=N)c1c(N)ncnc1NCc1cc2ccccc2c(=O)n1-c1ccccc1C. The molecule has 0 saturated carbocycles. The number of pyridine rings is 1. The highest BCUT2D eigenvalue weighted by atomic mass is 16.1. The molecule has 4 N–H and O–H groups in total. The second-order valence-electron chi connectivity index (χ2n) is 7.11. The van der Waals surface area contributed by atoms with Crippen molar-refractivity contribution < 1.29 is 0 Å². The van der Waals surface area contributed by atoms with Crippen LogP contribution in [0.4, 0.5) is 11.6 Å². The maximum atomic E-state index is 13.4. The van der Waals surface area contributed by atoms with E-state index in [2.05, 4.69) is 15.3 Å². The molecule has 7 nitrogen and oxygen atoms in total. The van der Waals surface area contributed by atoms with Gasteiger partial charge in [-0.2, -0.15) is 0 Å². The lowest BCUT2D eigenvalue weighted by atomic mass is 10.1. The Morgan fingerprint density at radius 3 is 2.63 bits per heavy atom. The molecule has 0 radical (unpaired) electrons. The fraction of sp³-hybridized carbons (Fsp3) is 0.130. The number of hydrogen-bond acceptors (Lipinski definition) is 6. The molecule has 2 heterocycles. The molecule has 0 aliphatic heterocycles. The molecule has 0 aliphatic carbocycles. The molecule has 150 valence electrons. The van der Waals surface area contributed by atoms with Crippen LogP contribution in [0.5, 0.6) is 0 Å². The van der Waals surface area contributed by atoms with Crippen molar-refractivity contribution in [3.05, 3.63) is 88.1 Å². The van der Waals surface area contributed by atoms with E-state index < -0.39 is 0 Å². The van der Waals surface area contributed by atoms with Gasteiger partial charge in [-0.1, -0.05) is 36.4 Å². The quantitative estimate of drug-likeness (QED) is 0.444. The van der Waals surface area contributed by atoms with Crippen molar-refractivity contribution >= 4 is 28.1 Å². The van der Waals surface area contributed by atoms with Gasteiger partial charge < -0.3 is 16.5 Å². The van der Waals surface area contributed by atoms with E-state index >= 15 is 0 Å². The molecule has 0 saturated heterocycles. The van der Waals surface area contributed by atoms with Gasteiger partial charge in [0.25, 0.3) is 5.56 Å². The van der Waals surface area contributed by atoms with E-state index in [9.17, 15) is 4.79 Å². The zero-order valence-electron chi connectivity index (χ0n) is 16.8. The highest BCUT2D eigenvalue weighted by Crippen LogP contribution is 2.22. The highest BCUT2D eigenvalue weighted by Gasteiger charge is 2.15. The molecule has 7 heteroatoms. The average Bonchev–Trinajstić information content (AvgIpc) is 2.73. The third-order valence-corrected chi connectivity index (χ3v) is 5.05. The van der Waals surface area contributed by atoms with E-state index in [-0.39, 0.29) is 17.1 Å². The van der Waals surface area contributed by atoms with E-state index in [1.165, 1.54) is 6.33 Å². The largest absolute Gasteiger partial charge is 0.383 e. The summed E-state index contributed by atoms with van der Waals surface area (Å²) in [5.74, 6) is 0.710. The summed E-state index contributed by atoms with van der Waals surface area (Å²) in [6.07, 6.45) is 1.36. The molecule has 4 rings (SSSR count). The lowest BCUT2D eigenvalue weighted by Crippen LogP contribution is -2.24. The summed E-state index contributed by atoms with van der Waals surface area (Å²) in [6.45, 7) is 3.94. The predicted molar refractivity (Wildman–Crippen MR) is 121 cm³/mol. The summed E-state index contributed by atoms with van der Waals surface area (Å²) in [5, 5.41) is 12.8. The lowest BCUT2D eigenvalue weighted by molar-refractivity contribution is 0.883. The van der Waals surface area contributed by atoms with Gasteiger partial charge in [-0.3, -0.25) is 9.36 Å². The van der Waals surface area contributed by atoms with Gasteiger partial charge in [0.2, 0.25) is 0 Å². The zero-order chi connectivity index (χ0) is 21.3. The molecular weight excluding hydrogens is 376 g/mol. The Kier molecular flexibility index (Phi) is 5.02. The van der Waals surface area contributed by atoms with Crippen LogP contribution in [0.2, 0.25) is 0 Å². The number of nitrogens with two attached hydrogens (primary N) is 1. The highest BCUT2D eigenvalue weighted by molar-refractivity contribution is 6.04. The summed E-state index contributed by atoms with van der Waals surface area (Å²) in [6, 6.07) is 17.3. The van der Waals surface area contributed by atoms with Gasteiger partial charge in [0, 0.05) is 16.8 Å². The topological polar surface area (TPSA) is 110 Å². The standard InChI is InChI=1S/C23H22N6O/c1-14-7-3-6-10-19(14)29-17(11-16-8-4-5-9-18(16)23(29)30)12-26-22-20(15(2)24)21(25)27-13-28-22/h3-11,13,24H,12H2,1-2H3,(H3,25,26,27,28). The molecule has 0 aliphatic rings. The van der Waals surface area contributed by atoms with Gasteiger partial charge in [-0.25, -0.2) is 9.97 Å². The Morgan fingerprint density at radius 1 is 1.13 bits per heavy atom. The van der Waals surface area contributed by atoms with Crippen LogP contribution in [-0.2, 0) is 6.54 Å². The van der Waals surface area contributed by atoms with Gasteiger partial charge in [0.15, 0.2) is 0 Å². The third-order valence-electron chi connectivity index (χ3n) is 5.05. The molecule has 0 bridgehead atoms. The van der Waals surface area contributed by atoms with Gasteiger partial charge in [-0.05, 0) is 43.0 Å². The normalized spacial score (nSPS) is 10.9. The molecular formula is C23H22N6O. The van der Waals surface area contributed by atoms with Gasteiger partial charge in [0.05, 0.1) is 17.8 Å². The fourth-order valence-electron chi connectivity index (χ4n) is 3.60. The number of anilines is 2. The first-order valence-electron chi connectivity index (χ1n) is 9.57. The van der Waals surface area contributed by atoms with Crippen LogP contribution in [0, 0.1) is 12.3 Å². The second kappa shape index (κ2) is 7.79. The minimum Gasteiger partial charge on any atom is -0.383 e. The summed E-state index contributed by atoms with van der Waals surface area (Å²) in [4.78, 5) is 21.6. The molecule has 30 heavy (non-hydrogen) atoms. The second-order valence-corrected chi connectivity index (χ2v) is 7.11. The number of para-hydroxylation sites is 1. The minimum atomic E-state index is -0.0788. The molecule has 2 aromatic heterocycles. The van der Waals surface area contributed by atoms with Crippen LogP contribution in [-0.4, -0.2) is 20.2 Å². The van der Waals surface area contributed by atoms with Crippen LogP contribution in [0.25, 0.3) is 16.5 Å². The molecule has 0 unspecified atom stereocenters. The Labute approximate surface area is 173 Å². The fourth-order valence-corrected chi connectivity index (χ4v) is 3.60. The summed E-state index contributed by atoms with van der Waals surface area (Å²) >= 11 is 0. The zero-order valence-corrected chi connectivity index (χ0v) is 16.8. The van der Waals surface area contributed by atoms with E-state index in [4.69, 9.17) is 11.1 Å².